The van der Waals surface area contributed by atoms with Crippen LogP contribution in [0.4, 0.5) is 0 Å². The van der Waals surface area contributed by atoms with Crippen molar-refractivity contribution >= 4 is 21.4 Å². The third-order valence-corrected chi connectivity index (χ3v) is 6.53. The smallest absolute Gasteiger partial charge is 0.182 e. The Bertz CT molecular complexity index is 726. The fourth-order valence-corrected chi connectivity index (χ4v) is 5.20. The van der Waals surface area contributed by atoms with Crippen molar-refractivity contribution in [3.63, 3.8) is 0 Å². The molecule has 0 spiro atoms. The summed E-state index contributed by atoms with van der Waals surface area (Å²) in [7, 11) is -3.46. The molecule has 21 heavy (non-hydrogen) atoms. The highest BCUT2D eigenvalue weighted by Gasteiger charge is 2.58. The number of rotatable bonds is 4. The van der Waals surface area contributed by atoms with E-state index < -0.39 is 15.1 Å². The highest BCUT2D eigenvalue weighted by Crippen LogP contribution is 2.53. The van der Waals surface area contributed by atoms with Crippen molar-refractivity contribution in [3.8, 4) is 0 Å². The van der Waals surface area contributed by atoms with Crippen LogP contribution >= 0.6 is 11.6 Å². The molecule has 3 atom stereocenters. The molecule has 0 radical (unpaired) electrons. The van der Waals surface area contributed by atoms with E-state index in [1.165, 1.54) is 12.1 Å². The maximum Gasteiger partial charge on any atom is 0.182 e. The van der Waals surface area contributed by atoms with Crippen LogP contribution in [0.3, 0.4) is 0 Å². The van der Waals surface area contributed by atoms with Gasteiger partial charge in [0.05, 0.1) is 10.1 Å². The average molecular weight is 323 g/mol. The van der Waals surface area contributed by atoms with Crippen molar-refractivity contribution in [1.29, 1.82) is 0 Å². The minimum Gasteiger partial charge on any atom is -0.396 e. The molecule has 0 bridgehead atoms. The summed E-state index contributed by atoms with van der Waals surface area (Å²) in [6.45, 7) is -0.128. The number of sulfone groups is 1. The summed E-state index contributed by atoms with van der Waals surface area (Å²) in [5.74, 6) is -0.384. The van der Waals surface area contributed by atoms with Crippen molar-refractivity contribution in [3.05, 3.63) is 65.2 Å². The van der Waals surface area contributed by atoms with Gasteiger partial charge in [-0.2, -0.15) is 0 Å². The van der Waals surface area contributed by atoms with Crippen LogP contribution in [0.2, 0.25) is 5.02 Å². The molecule has 2 aromatic carbocycles. The fourth-order valence-electron chi connectivity index (χ4n) is 2.88. The maximum absolute atomic E-state index is 12.7. The summed E-state index contributed by atoms with van der Waals surface area (Å²) in [4.78, 5) is 0.258. The molecule has 0 aliphatic heterocycles. The van der Waals surface area contributed by atoms with Crippen molar-refractivity contribution < 1.29 is 13.5 Å². The van der Waals surface area contributed by atoms with Gasteiger partial charge in [-0.25, -0.2) is 8.42 Å². The largest absolute Gasteiger partial charge is 0.396 e. The molecule has 3 unspecified atom stereocenters. The molecule has 0 amide bonds. The van der Waals surface area contributed by atoms with Crippen molar-refractivity contribution in [1.82, 2.24) is 0 Å². The molecule has 0 aromatic heterocycles. The predicted octanol–water partition coefficient (Wildman–Crippen LogP) is 2.89. The Morgan fingerprint density at radius 1 is 1.00 bits per heavy atom. The lowest BCUT2D eigenvalue weighted by Gasteiger charge is -2.04. The molecule has 1 aliphatic rings. The van der Waals surface area contributed by atoms with E-state index in [4.69, 9.17) is 11.6 Å². The molecule has 1 aliphatic carbocycles. The van der Waals surface area contributed by atoms with Gasteiger partial charge >= 0.3 is 0 Å². The molecule has 0 heterocycles. The lowest BCUT2D eigenvalue weighted by Crippen LogP contribution is -2.11. The molecule has 110 valence electrons. The van der Waals surface area contributed by atoms with Gasteiger partial charge in [0.2, 0.25) is 0 Å². The van der Waals surface area contributed by atoms with E-state index in [2.05, 4.69) is 0 Å². The van der Waals surface area contributed by atoms with Gasteiger partial charge in [-0.1, -0.05) is 41.9 Å². The molecular weight excluding hydrogens is 308 g/mol. The van der Waals surface area contributed by atoms with Crippen LogP contribution < -0.4 is 0 Å². The van der Waals surface area contributed by atoms with Crippen molar-refractivity contribution in [2.75, 3.05) is 6.61 Å². The third-order valence-electron chi connectivity index (χ3n) is 3.99. The highest BCUT2D eigenvalue weighted by atomic mass is 35.5. The monoisotopic (exact) mass is 322 g/mol. The number of benzene rings is 2. The number of hydrogen-bond donors (Lipinski definition) is 1. The van der Waals surface area contributed by atoms with Gasteiger partial charge in [-0.15, -0.1) is 0 Å². The Hall–Kier alpha value is -1.36. The van der Waals surface area contributed by atoms with Gasteiger partial charge in [0.25, 0.3) is 0 Å². The Kier molecular flexibility index (Phi) is 3.78. The highest BCUT2D eigenvalue weighted by molar-refractivity contribution is 7.92. The molecule has 5 heteroatoms. The van der Waals surface area contributed by atoms with Gasteiger partial charge in [-0.3, -0.25) is 0 Å². The van der Waals surface area contributed by atoms with E-state index in [1.807, 2.05) is 30.3 Å². The predicted molar refractivity (Wildman–Crippen MR) is 82.2 cm³/mol. The first-order valence-electron chi connectivity index (χ1n) is 6.71. The van der Waals surface area contributed by atoms with Gasteiger partial charge in [-0.05, 0) is 29.8 Å². The van der Waals surface area contributed by atoms with Gasteiger partial charge in [0, 0.05) is 23.5 Å². The second-order valence-corrected chi connectivity index (χ2v) is 7.79. The standard InChI is InChI=1S/C16H15ClO3S/c17-12-6-8-13(9-7-12)21(19,20)16-14(10-18)15(16)11-4-2-1-3-5-11/h1-9,14-16,18H,10H2. The quantitative estimate of drug-likeness (QED) is 0.941. The van der Waals surface area contributed by atoms with Crippen LogP contribution in [-0.2, 0) is 9.84 Å². The first-order chi connectivity index (χ1) is 10.1. The van der Waals surface area contributed by atoms with E-state index in [0.29, 0.717) is 5.02 Å². The summed E-state index contributed by atoms with van der Waals surface area (Å²) >= 11 is 5.80. The van der Waals surface area contributed by atoms with Crippen LogP contribution in [0.15, 0.2) is 59.5 Å². The molecule has 1 fully saturated rings. The van der Waals surface area contributed by atoms with Crippen LogP contribution in [0.25, 0.3) is 0 Å². The Balaban J connectivity index is 1.94. The summed E-state index contributed by atoms with van der Waals surface area (Å²) in [5, 5.41) is 9.42. The molecular formula is C16H15ClO3S. The van der Waals surface area contributed by atoms with Crippen LogP contribution in [0.5, 0.6) is 0 Å². The maximum atomic E-state index is 12.7. The lowest BCUT2D eigenvalue weighted by atomic mass is 10.1. The second kappa shape index (κ2) is 5.44. The fraction of sp³-hybridized carbons (Fsp3) is 0.250. The summed E-state index contributed by atoms with van der Waals surface area (Å²) in [6.07, 6.45) is 0. The van der Waals surface area contributed by atoms with Crippen molar-refractivity contribution in [2.45, 2.75) is 16.1 Å². The molecule has 3 nitrogen and oxygen atoms in total. The SMILES string of the molecule is O=S(=O)(c1ccc(Cl)cc1)C1C(CO)C1c1ccccc1. The molecule has 3 rings (SSSR count). The number of aliphatic hydroxyl groups excluding tert-OH is 1. The number of aliphatic hydroxyl groups is 1. The topological polar surface area (TPSA) is 54.4 Å². The van der Waals surface area contributed by atoms with Gasteiger partial charge < -0.3 is 5.11 Å². The molecule has 1 N–H and O–H groups in total. The zero-order valence-electron chi connectivity index (χ0n) is 11.2. The average Bonchev–Trinajstić information content (AvgIpc) is 3.24. The minimum absolute atomic E-state index is 0.128. The Labute approximate surface area is 129 Å². The van der Waals surface area contributed by atoms with Gasteiger partial charge in [0.15, 0.2) is 9.84 Å². The Morgan fingerprint density at radius 3 is 2.19 bits per heavy atom. The van der Waals surface area contributed by atoms with E-state index >= 15 is 0 Å². The van der Waals surface area contributed by atoms with E-state index in [0.717, 1.165) is 5.56 Å². The second-order valence-electron chi connectivity index (χ2n) is 5.25. The van der Waals surface area contributed by atoms with Crippen LogP contribution in [-0.4, -0.2) is 25.4 Å². The number of halogens is 1. The molecule has 2 aromatic rings. The summed E-state index contributed by atoms with van der Waals surface area (Å²) < 4.78 is 25.4. The first kappa shape index (κ1) is 14.6. The van der Waals surface area contributed by atoms with E-state index in [-0.39, 0.29) is 23.3 Å². The van der Waals surface area contributed by atoms with Crippen molar-refractivity contribution in [2.24, 2.45) is 5.92 Å². The lowest BCUT2D eigenvalue weighted by molar-refractivity contribution is 0.274. The molecule has 0 saturated heterocycles. The van der Waals surface area contributed by atoms with E-state index in [1.54, 1.807) is 12.1 Å². The minimum atomic E-state index is -3.46. The van der Waals surface area contributed by atoms with Crippen LogP contribution in [0.1, 0.15) is 11.5 Å². The summed E-state index contributed by atoms with van der Waals surface area (Å²) in [5.41, 5.74) is 0.957. The number of hydrogen-bond acceptors (Lipinski definition) is 3. The zero-order valence-corrected chi connectivity index (χ0v) is 12.8. The zero-order chi connectivity index (χ0) is 15.0. The summed E-state index contributed by atoms with van der Waals surface area (Å²) in [6, 6.07) is 15.7. The third kappa shape index (κ3) is 2.59. The molecule has 1 saturated carbocycles. The Morgan fingerprint density at radius 2 is 1.62 bits per heavy atom. The normalized spacial score (nSPS) is 24.8. The van der Waals surface area contributed by atoms with E-state index in [9.17, 15) is 13.5 Å². The first-order valence-corrected chi connectivity index (χ1v) is 8.63. The van der Waals surface area contributed by atoms with Gasteiger partial charge in [0.1, 0.15) is 0 Å². The van der Waals surface area contributed by atoms with Crippen LogP contribution in [0, 0.1) is 5.92 Å².